The number of sulfonamides is 1. The third-order valence-electron chi connectivity index (χ3n) is 4.54. The summed E-state index contributed by atoms with van der Waals surface area (Å²) in [6.45, 7) is 5.80. The fraction of sp³-hybridized carbons (Fsp3) is 0.588. The number of hydrogen-bond acceptors (Lipinski definition) is 4. The first-order valence-corrected chi connectivity index (χ1v) is 9.94. The number of carbonyl (C=O) groups is 1. The van der Waals surface area contributed by atoms with Crippen LogP contribution in [0.2, 0.25) is 0 Å². The van der Waals surface area contributed by atoms with Crippen LogP contribution in [0.4, 0.5) is 0 Å². The van der Waals surface area contributed by atoms with Crippen LogP contribution in [-0.2, 0) is 10.0 Å². The second kappa shape index (κ2) is 9.52. The van der Waals surface area contributed by atoms with E-state index >= 15 is 0 Å². The third kappa shape index (κ3) is 4.94. The van der Waals surface area contributed by atoms with E-state index in [0.717, 1.165) is 12.8 Å². The number of likely N-dealkylation sites (N-methyl/N-ethyl adjacent to an activating group) is 1. The lowest BCUT2D eigenvalue weighted by molar-refractivity contribution is 0.0698. The summed E-state index contributed by atoms with van der Waals surface area (Å²) in [4.78, 5) is 14.7. The van der Waals surface area contributed by atoms with Crippen molar-refractivity contribution in [3.63, 3.8) is 0 Å². The van der Waals surface area contributed by atoms with Gasteiger partial charge in [0, 0.05) is 37.8 Å². The molecule has 0 bridgehead atoms. The molecular weight excluding hydrogens is 362 g/mol. The molecule has 1 heterocycles. The highest BCUT2D eigenvalue weighted by Crippen LogP contribution is 2.19. The molecule has 8 heteroatoms. The zero-order valence-electron chi connectivity index (χ0n) is 15.1. The zero-order valence-corrected chi connectivity index (χ0v) is 16.7. The van der Waals surface area contributed by atoms with E-state index in [1.807, 2.05) is 20.9 Å². The van der Waals surface area contributed by atoms with Gasteiger partial charge in [-0.2, -0.15) is 4.31 Å². The van der Waals surface area contributed by atoms with Crippen molar-refractivity contribution in [2.75, 3.05) is 33.2 Å². The van der Waals surface area contributed by atoms with Crippen LogP contribution in [0.25, 0.3) is 0 Å². The van der Waals surface area contributed by atoms with Gasteiger partial charge in [-0.3, -0.25) is 4.79 Å². The fourth-order valence-electron chi connectivity index (χ4n) is 3.08. The van der Waals surface area contributed by atoms with E-state index in [2.05, 4.69) is 5.32 Å². The second-order valence-corrected chi connectivity index (χ2v) is 7.93. The topological polar surface area (TPSA) is 69.7 Å². The maximum atomic E-state index is 12.7. The molecule has 0 radical (unpaired) electrons. The van der Waals surface area contributed by atoms with Gasteiger partial charge in [0.2, 0.25) is 10.0 Å². The molecule has 1 amide bonds. The van der Waals surface area contributed by atoms with Crippen molar-refractivity contribution in [3.8, 4) is 0 Å². The minimum atomic E-state index is -3.55. The predicted molar refractivity (Wildman–Crippen MR) is 102 cm³/mol. The van der Waals surface area contributed by atoms with Gasteiger partial charge >= 0.3 is 0 Å². The highest BCUT2D eigenvalue weighted by Gasteiger charge is 2.26. The summed E-state index contributed by atoms with van der Waals surface area (Å²) in [5.41, 5.74) is 0.431. The molecule has 0 saturated carbocycles. The minimum absolute atomic E-state index is 0. The molecule has 1 aliphatic heterocycles. The Morgan fingerprint density at radius 1 is 1.32 bits per heavy atom. The Balaban J connectivity index is 0.00000312. The molecule has 0 aliphatic carbocycles. The van der Waals surface area contributed by atoms with Crippen LogP contribution in [0.1, 0.15) is 37.0 Å². The molecule has 1 atom stereocenters. The molecule has 1 fully saturated rings. The minimum Gasteiger partial charge on any atom is -0.337 e. The average Bonchev–Trinajstić information content (AvgIpc) is 2.62. The molecule has 1 aromatic carbocycles. The van der Waals surface area contributed by atoms with Crippen LogP contribution >= 0.6 is 12.4 Å². The van der Waals surface area contributed by atoms with Crippen LogP contribution in [0.5, 0.6) is 0 Å². The van der Waals surface area contributed by atoms with Crippen LogP contribution < -0.4 is 5.32 Å². The van der Waals surface area contributed by atoms with E-state index in [1.165, 1.54) is 10.4 Å². The Hall–Kier alpha value is -1.15. The summed E-state index contributed by atoms with van der Waals surface area (Å²) in [6, 6.07) is 6.68. The van der Waals surface area contributed by atoms with E-state index in [9.17, 15) is 13.2 Å². The fourth-order valence-corrected chi connectivity index (χ4v) is 4.59. The van der Waals surface area contributed by atoms with Crippen LogP contribution in [0.3, 0.4) is 0 Å². The van der Waals surface area contributed by atoms with Crippen LogP contribution in [0, 0.1) is 0 Å². The first-order chi connectivity index (χ1) is 11.4. The summed E-state index contributed by atoms with van der Waals surface area (Å²) < 4.78 is 26.7. The maximum absolute atomic E-state index is 12.7. The molecule has 0 aromatic heterocycles. The number of hydrogen-bond donors (Lipinski definition) is 1. The first-order valence-electron chi connectivity index (χ1n) is 8.50. The lowest BCUT2D eigenvalue weighted by Crippen LogP contribution is -2.47. The third-order valence-corrected chi connectivity index (χ3v) is 6.59. The Labute approximate surface area is 157 Å². The second-order valence-electron chi connectivity index (χ2n) is 6.00. The summed E-state index contributed by atoms with van der Waals surface area (Å²) in [5, 5.41) is 3.21. The molecular formula is C17H28ClN3O3S. The standard InChI is InChI=1S/C17H27N3O3S.ClH/c1-4-20(5-2)24(22,23)16-10-6-8-14(12-16)17(21)19-11-7-9-15(13-19)18-3;/h6,8,10,12,15,18H,4-5,7,9,11,13H2,1-3H3;1H. The highest BCUT2D eigenvalue weighted by atomic mass is 35.5. The normalized spacial score (nSPS) is 18.1. The van der Waals surface area contributed by atoms with Gasteiger partial charge < -0.3 is 10.2 Å². The number of amides is 1. The smallest absolute Gasteiger partial charge is 0.253 e. The van der Waals surface area contributed by atoms with E-state index in [0.29, 0.717) is 37.8 Å². The quantitative estimate of drug-likeness (QED) is 0.807. The van der Waals surface area contributed by atoms with Gasteiger partial charge in [0.15, 0.2) is 0 Å². The molecule has 142 valence electrons. The zero-order chi connectivity index (χ0) is 17.7. The molecule has 2 rings (SSSR count). The van der Waals surface area contributed by atoms with Crippen molar-refractivity contribution in [1.29, 1.82) is 0 Å². The largest absolute Gasteiger partial charge is 0.337 e. The molecule has 6 nitrogen and oxygen atoms in total. The number of likely N-dealkylation sites (tertiary alicyclic amines) is 1. The van der Waals surface area contributed by atoms with E-state index < -0.39 is 10.0 Å². The number of nitrogens with zero attached hydrogens (tertiary/aromatic N) is 2. The van der Waals surface area contributed by atoms with Crippen molar-refractivity contribution in [1.82, 2.24) is 14.5 Å². The molecule has 1 N–H and O–H groups in total. The number of carbonyl (C=O) groups excluding carboxylic acids is 1. The van der Waals surface area contributed by atoms with E-state index in [4.69, 9.17) is 0 Å². The highest BCUT2D eigenvalue weighted by molar-refractivity contribution is 7.89. The van der Waals surface area contributed by atoms with Crippen LogP contribution in [-0.4, -0.2) is 62.8 Å². The molecule has 1 saturated heterocycles. The number of benzene rings is 1. The van der Waals surface area contributed by atoms with Crippen molar-refractivity contribution in [2.45, 2.75) is 37.6 Å². The van der Waals surface area contributed by atoms with Gasteiger partial charge in [-0.15, -0.1) is 12.4 Å². The Kier molecular flexibility index (Phi) is 8.34. The average molecular weight is 390 g/mol. The summed E-state index contributed by atoms with van der Waals surface area (Å²) >= 11 is 0. The maximum Gasteiger partial charge on any atom is 0.253 e. The lowest BCUT2D eigenvalue weighted by Gasteiger charge is -2.32. The Morgan fingerprint density at radius 3 is 2.60 bits per heavy atom. The summed E-state index contributed by atoms with van der Waals surface area (Å²) in [5.74, 6) is -0.105. The number of piperidine rings is 1. The SMILES string of the molecule is CCN(CC)S(=O)(=O)c1cccc(C(=O)N2CCCC(NC)C2)c1.Cl. The lowest BCUT2D eigenvalue weighted by atomic mass is 10.0. The van der Waals surface area contributed by atoms with E-state index in [-0.39, 0.29) is 23.2 Å². The monoisotopic (exact) mass is 389 g/mol. The van der Waals surface area contributed by atoms with Crippen molar-refractivity contribution in [3.05, 3.63) is 29.8 Å². The molecule has 25 heavy (non-hydrogen) atoms. The summed E-state index contributed by atoms with van der Waals surface area (Å²) in [7, 11) is -1.65. The summed E-state index contributed by atoms with van der Waals surface area (Å²) in [6.07, 6.45) is 2.01. The van der Waals surface area contributed by atoms with Crippen molar-refractivity contribution in [2.24, 2.45) is 0 Å². The van der Waals surface area contributed by atoms with Crippen molar-refractivity contribution >= 4 is 28.3 Å². The van der Waals surface area contributed by atoms with Crippen LogP contribution in [0.15, 0.2) is 29.2 Å². The number of halogens is 1. The Bertz CT molecular complexity index is 677. The molecule has 1 aliphatic rings. The number of nitrogens with one attached hydrogen (secondary N) is 1. The van der Waals surface area contributed by atoms with E-state index in [1.54, 1.807) is 23.1 Å². The molecule has 1 aromatic rings. The first kappa shape index (κ1) is 21.9. The van der Waals surface area contributed by atoms with Gasteiger partial charge in [-0.05, 0) is 38.1 Å². The van der Waals surface area contributed by atoms with Crippen molar-refractivity contribution < 1.29 is 13.2 Å². The number of rotatable bonds is 6. The van der Waals surface area contributed by atoms with Gasteiger partial charge in [-0.1, -0.05) is 19.9 Å². The van der Waals surface area contributed by atoms with Gasteiger partial charge in [-0.25, -0.2) is 8.42 Å². The van der Waals surface area contributed by atoms with Gasteiger partial charge in [0.05, 0.1) is 4.90 Å². The Morgan fingerprint density at radius 2 is 2.00 bits per heavy atom. The molecule has 0 spiro atoms. The van der Waals surface area contributed by atoms with Gasteiger partial charge in [0.1, 0.15) is 0 Å². The van der Waals surface area contributed by atoms with Gasteiger partial charge in [0.25, 0.3) is 5.91 Å². The predicted octanol–water partition coefficient (Wildman–Crippen LogP) is 1.96. The molecule has 1 unspecified atom stereocenters.